The van der Waals surface area contributed by atoms with Crippen LogP contribution in [0.4, 0.5) is 10.5 Å². The standard InChI is InChI=1S/C21H15BrN2O6S/c1-3-8-23-20(25)18(31-21(23)26)11-14-9-16(22)19(17(10-14)29-2)30-12-13-4-6-15(7-5-13)24(27)28/h1,4-7,9-11H,8,12H2,2H3/b18-11+. The van der Waals surface area contributed by atoms with Gasteiger partial charge in [0.25, 0.3) is 16.8 Å². The zero-order valence-electron chi connectivity index (χ0n) is 16.2. The Balaban J connectivity index is 1.80. The van der Waals surface area contributed by atoms with Crippen LogP contribution in [0.2, 0.25) is 0 Å². The van der Waals surface area contributed by atoms with E-state index in [2.05, 4.69) is 21.9 Å². The molecule has 1 aliphatic heterocycles. The van der Waals surface area contributed by atoms with Gasteiger partial charge in [-0.2, -0.15) is 0 Å². The van der Waals surface area contributed by atoms with Gasteiger partial charge >= 0.3 is 0 Å². The van der Waals surface area contributed by atoms with E-state index < -0.39 is 16.1 Å². The second kappa shape index (κ2) is 9.68. The van der Waals surface area contributed by atoms with Gasteiger partial charge < -0.3 is 9.47 Å². The molecule has 2 aromatic carbocycles. The summed E-state index contributed by atoms with van der Waals surface area (Å²) >= 11 is 4.26. The van der Waals surface area contributed by atoms with E-state index in [0.29, 0.717) is 21.5 Å². The van der Waals surface area contributed by atoms with Crippen LogP contribution in [0.25, 0.3) is 6.08 Å². The molecule has 10 heteroatoms. The Morgan fingerprint density at radius 1 is 1.29 bits per heavy atom. The molecule has 1 aliphatic rings. The van der Waals surface area contributed by atoms with Crippen LogP contribution in [0.15, 0.2) is 45.8 Å². The molecule has 3 rings (SSSR count). The van der Waals surface area contributed by atoms with E-state index in [1.807, 2.05) is 0 Å². The molecule has 158 valence electrons. The van der Waals surface area contributed by atoms with Crippen LogP contribution in [-0.4, -0.2) is 34.6 Å². The first kappa shape index (κ1) is 22.4. The number of thioether (sulfide) groups is 1. The van der Waals surface area contributed by atoms with Crippen molar-refractivity contribution in [3.63, 3.8) is 0 Å². The Labute approximate surface area is 190 Å². The van der Waals surface area contributed by atoms with Crippen molar-refractivity contribution in [2.24, 2.45) is 0 Å². The highest BCUT2D eigenvalue weighted by Gasteiger charge is 2.34. The van der Waals surface area contributed by atoms with Gasteiger partial charge in [0, 0.05) is 12.1 Å². The van der Waals surface area contributed by atoms with Crippen LogP contribution in [0, 0.1) is 22.5 Å². The van der Waals surface area contributed by atoms with Crippen molar-refractivity contribution in [1.82, 2.24) is 4.90 Å². The molecular formula is C21H15BrN2O6S. The van der Waals surface area contributed by atoms with Crippen molar-refractivity contribution in [3.8, 4) is 23.8 Å². The number of carbonyl (C=O) groups excluding carboxylic acids is 2. The molecule has 0 unspecified atom stereocenters. The van der Waals surface area contributed by atoms with Crippen LogP contribution in [-0.2, 0) is 11.4 Å². The van der Waals surface area contributed by atoms with Crippen molar-refractivity contribution in [1.29, 1.82) is 0 Å². The molecule has 8 nitrogen and oxygen atoms in total. The molecule has 0 saturated carbocycles. The number of halogens is 1. The fourth-order valence-corrected chi connectivity index (χ4v) is 4.12. The van der Waals surface area contributed by atoms with Crippen molar-refractivity contribution < 1.29 is 24.0 Å². The molecule has 0 spiro atoms. The lowest BCUT2D eigenvalue weighted by Gasteiger charge is -2.14. The number of non-ortho nitro benzene ring substituents is 1. The number of hydrogen-bond acceptors (Lipinski definition) is 7. The van der Waals surface area contributed by atoms with Gasteiger partial charge in [-0.25, -0.2) is 0 Å². The smallest absolute Gasteiger partial charge is 0.294 e. The maximum atomic E-state index is 12.4. The molecule has 0 N–H and O–H groups in total. The second-order valence-electron chi connectivity index (χ2n) is 6.22. The molecular weight excluding hydrogens is 488 g/mol. The third-order valence-electron chi connectivity index (χ3n) is 4.20. The van der Waals surface area contributed by atoms with E-state index in [9.17, 15) is 19.7 Å². The number of amides is 2. The lowest BCUT2D eigenvalue weighted by atomic mass is 10.1. The summed E-state index contributed by atoms with van der Waals surface area (Å²) in [6, 6.07) is 9.43. The third kappa shape index (κ3) is 5.07. The minimum absolute atomic E-state index is 0.00137. The molecule has 2 aromatic rings. The van der Waals surface area contributed by atoms with E-state index in [1.54, 1.807) is 30.3 Å². The van der Waals surface area contributed by atoms with Crippen LogP contribution < -0.4 is 9.47 Å². The number of terminal acetylenes is 1. The van der Waals surface area contributed by atoms with E-state index in [1.165, 1.54) is 19.2 Å². The van der Waals surface area contributed by atoms with Gasteiger partial charge in [-0.3, -0.25) is 24.6 Å². The summed E-state index contributed by atoms with van der Waals surface area (Å²) in [6.45, 7) is 0.0850. The largest absolute Gasteiger partial charge is 0.493 e. The molecule has 0 atom stereocenters. The number of nitro groups is 1. The first-order valence-electron chi connectivity index (χ1n) is 8.76. The number of ether oxygens (including phenoxy) is 2. The number of hydrogen-bond donors (Lipinski definition) is 0. The fraction of sp³-hybridized carbons (Fsp3) is 0.143. The van der Waals surface area contributed by atoms with Gasteiger partial charge in [0.05, 0.1) is 28.0 Å². The van der Waals surface area contributed by atoms with Crippen LogP contribution in [0.1, 0.15) is 11.1 Å². The predicted octanol–water partition coefficient (Wildman–Crippen LogP) is 4.61. The second-order valence-corrected chi connectivity index (χ2v) is 8.07. The summed E-state index contributed by atoms with van der Waals surface area (Å²) in [4.78, 5) is 35.8. The molecule has 1 fully saturated rings. The van der Waals surface area contributed by atoms with Crippen molar-refractivity contribution in [3.05, 3.63) is 67.0 Å². The summed E-state index contributed by atoms with van der Waals surface area (Å²) in [6.07, 6.45) is 6.78. The Bertz CT molecular complexity index is 1120. The van der Waals surface area contributed by atoms with E-state index in [4.69, 9.17) is 15.9 Å². The minimum atomic E-state index is -0.468. The van der Waals surface area contributed by atoms with Crippen LogP contribution >= 0.6 is 27.7 Å². The number of carbonyl (C=O) groups is 2. The Hall–Kier alpha value is -3.29. The minimum Gasteiger partial charge on any atom is -0.493 e. The highest BCUT2D eigenvalue weighted by Crippen LogP contribution is 2.39. The average Bonchev–Trinajstić information content (AvgIpc) is 3.00. The SMILES string of the molecule is C#CCN1C(=O)S/C(=C/c2cc(Br)c(OCc3ccc([N+](=O)[O-])cc3)c(OC)c2)C1=O. The topological polar surface area (TPSA) is 99.0 Å². The number of imide groups is 1. The highest BCUT2D eigenvalue weighted by atomic mass is 79.9. The van der Waals surface area contributed by atoms with Crippen LogP contribution in [0.5, 0.6) is 11.5 Å². The van der Waals surface area contributed by atoms with E-state index in [0.717, 1.165) is 22.2 Å². The number of benzene rings is 2. The summed E-state index contributed by atoms with van der Waals surface area (Å²) in [5, 5.41) is 10.3. The lowest BCUT2D eigenvalue weighted by Crippen LogP contribution is -2.28. The summed E-state index contributed by atoms with van der Waals surface area (Å²) in [7, 11) is 1.48. The van der Waals surface area contributed by atoms with Gasteiger partial charge in [-0.15, -0.1) is 6.42 Å². The van der Waals surface area contributed by atoms with Gasteiger partial charge in [0.1, 0.15) is 6.61 Å². The zero-order chi connectivity index (χ0) is 22.5. The number of nitrogens with zero attached hydrogens (tertiary/aromatic N) is 2. The quantitative estimate of drug-likeness (QED) is 0.235. The Kier molecular flexibility index (Phi) is 6.99. The summed E-state index contributed by atoms with van der Waals surface area (Å²) in [5.74, 6) is 2.69. The lowest BCUT2D eigenvalue weighted by molar-refractivity contribution is -0.384. The van der Waals surface area contributed by atoms with E-state index >= 15 is 0 Å². The van der Waals surface area contributed by atoms with Gasteiger partial charge in [-0.1, -0.05) is 5.92 Å². The normalized spacial score (nSPS) is 14.6. The maximum absolute atomic E-state index is 12.4. The van der Waals surface area contributed by atoms with Crippen LogP contribution in [0.3, 0.4) is 0 Å². The first-order chi connectivity index (χ1) is 14.8. The fourth-order valence-electron chi connectivity index (χ4n) is 2.71. The summed E-state index contributed by atoms with van der Waals surface area (Å²) in [5.41, 5.74) is 1.36. The monoisotopic (exact) mass is 502 g/mol. The van der Waals surface area contributed by atoms with Crippen molar-refractivity contribution in [2.75, 3.05) is 13.7 Å². The molecule has 0 aliphatic carbocycles. The zero-order valence-corrected chi connectivity index (χ0v) is 18.6. The molecule has 1 saturated heterocycles. The van der Waals surface area contributed by atoms with Crippen molar-refractivity contribution >= 4 is 50.6 Å². The Morgan fingerprint density at radius 2 is 2.00 bits per heavy atom. The van der Waals surface area contributed by atoms with Gasteiger partial charge in [-0.05, 0) is 69.2 Å². The van der Waals surface area contributed by atoms with E-state index in [-0.39, 0.29) is 23.7 Å². The van der Waals surface area contributed by atoms with Gasteiger partial charge in [0.15, 0.2) is 11.5 Å². The maximum Gasteiger partial charge on any atom is 0.294 e. The number of nitro benzene ring substituents is 1. The predicted molar refractivity (Wildman–Crippen MR) is 120 cm³/mol. The number of rotatable bonds is 7. The summed E-state index contributed by atoms with van der Waals surface area (Å²) < 4.78 is 11.8. The Morgan fingerprint density at radius 3 is 2.61 bits per heavy atom. The molecule has 2 amide bonds. The molecule has 31 heavy (non-hydrogen) atoms. The molecule has 0 aromatic heterocycles. The average molecular weight is 503 g/mol. The van der Waals surface area contributed by atoms with Gasteiger partial charge in [0.2, 0.25) is 0 Å². The van der Waals surface area contributed by atoms with Crippen molar-refractivity contribution in [2.45, 2.75) is 6.61 Å². The molecule has 1 heterocycles. The molecule has 0 radical (unpaired) electrons. The first-order valence-corrected chi connectivity index (χ1v) is 10.4. The number of methoxy groups -OCH3 is 1. The molecule has 0 bridgehead atoms. The highest BCUT2D eigenvalue weighted by molar-refractivity contribution is 9.10. The third-order valence-corrected chi connectivity index (χ3v) is 5.70.